The molecule has 1 N–H and O–H groups in total. The van der Waals surface area contributed by atoms with Crippen LogP contribution < -0.4 is 5.32 Å². The van der Waals surface area contributed by atoms with Crippen molar-refractivity contribution in [2.45, 2.75) is 32.2 Å². The molecule has 24 heavy (non-hydrogen) atoms. The third-order valence-electron chi connectivity index (χ3n) is 4.28. The molecule has 0 radical (unpaired) electrons. The summed E-state index contributed by atoms with van der Waals surface area (Å²) in [5.41, 5.74) is 1.27. The quantitative estimate of drug-likeness (QED) is 0.587. The Labute approximate surface area is 146 Å². The summed E-state index contributed by atoms with van der Waals surface area (Å²) in [6.45, 7) is 5.41. The molecule has 0 aliphatic carbocycles. The van der Waals surface area contributed by atoms with Gasteiger partial charge in [-0.05, 0) is 44.5 Å². The van der Waals surface area contributed by atoms with Gasteiger partial charge in [-0.25, -0.2) is 0 Å². The fourth-order valence-corrected chi connectivity index (χ4v) is 2.76. The molecule has 0 unspecified atom stereocenters. The molecule has 0 spiro atoms. The van der Waals surface area contributed by atoms with E-state index in [4.69, 9.17) is 0 Å². The molecule has 1 fully saturated rings. The molecule has 0 bridgehead atoms. The van der Waals surface area contributed by atoms with Crippen LogP contribution in [-0.2, 0) is 11.3 Å². The number of carbonyl (C=O) groups excluding carboxylic acids is 1. The summed E-state index contributed by atoms with van der Waals surface area (Å²) < 4.78 is 0. The van der Waals surface area contributed by atoms with Crippen molar-refractivity contribution in [2.75, 3.05) is 39.8 Å². The summed E-state index contributed by atoms with van der Waals surface area (Å²) in [6.07, 6.45) is 4.01. The van der Waals surface area contributed by atoms with E-state index in [0.29, 0.717) is 13.0 Å². The lowest BCUT2D eigenvalue weighted by Gasteiger charge is -2.14. The van der Waals surface area contributed by atoms with E-state index >= 15 is 0 Å². The fraction of sp³-hybridized carbons (Fsp3) is 0.550. The average molecular weight is 327 g/mol. The smallest absolute Gasteiger partial charge is 0.223 e. The molecule has 0 saturated carbocycles. The van der Waals surface area contributed by atoms with Crippen molar-refractivity contribution in [1.29, 1.82) is 0 Å². The fourth-order valence-electron chi connectivity index (χ4n) is 2.76. The van der Waals surface area contributed by atoms with Crippen LogP contribution >= 0.6 is 0 Å². The van der Waals surface area contributed by atoms with Gasteiger partial charge in [0.25, 0.3) is 0 Å². The molecule has 0 atom stereocenters. The van der Waals surface area contributed by atoms with Gasteiger partial charge in [0.05, 0.1) is 13.1 Å². The van der Waals surface area contributed by atoms with Crippen molar-refractivity contribution in [2.24, 2.45) is 0 Å². The zero-order valence-electron chi connectivity index (χ0n) is 14.8. The number of rotatable bonds is 8. The van der Waals surface area contributed by atoms with Crippen LogP contribution in [0, 0.1) is 11.8 Å². The maximum atomic E-state index is 12.0. The normalized spacial score (nSPS) is 14.2. The Bertz CT molecular complexity index is 541. The minimum absolute atomic E-state index is 0.173. The molecule has 1 aromatic carbocycles. The van der Waals surface area contributed by atoms with Crippen LogP contribution in [0.25, 0.3) is 0 Å². The molecule has 2 rings (SSSR count). The first-order valence-electron chi connectivity index (χ1n) is 8.92. The molecule has 1 aromatic rings. The molecule has 1 saturated heterocycles. The highest BCUT2D eigenvalue weighted by Crippen LogP contribution is 2.05. The molecule has 1 amide bonds. The minimum Gasteiger partial charge on any atom is -0.335 e. The number of nitrogens with one attached hydrogen (secondary N) is 1. The van der Waals surface area contributed by atoms with Crippen LogP contribution in [0.15, 0.2) is 30.3 Å². The van der Waals surface area contributed by atoms with Crippen LogP contribution in [0.3, 0.4) is 0 Å². The van der Waals surface area contributed by atoms with Crippen LogP contribution in [-0.4, -0.2) is 55.5 Å². The Kier molecular flexibility index (Phi) is 8.37. The van der Waals surface area contributed by atoms with Crippen molar-refractivity contribution >= 4 is 5.91 Å². The second-order valence-electron chi connectivity index (χ2n) is 6.35. The molecule has 130 valence electrons. The Morgan fingerprint density at radius 1 is 1.21 bits per heavy atom. The van der Waals surface area contributed by atoms with Crippen LogP contribution in [0.1, 0.15) is 31.2 Å². The van der Waals surface area contributed by atoms with Gasteiger partial charge in [-0.3, -0.25) is 9.69 Å². The van der Waals surface area contributed by atoms with E-state index in [1.54, 1.807) is 4.90 Å². The first-order valence-corrected chi connectivity index (χ1v) is 8.92. The van der Waals surface area contributed by atoms with E-state index in [1.165, 1.54) is 31.5 Å². The van der Waals surface area contributed by atoms with Crippen molar-refractivity contribution < 1.29 is 4.79 Å². The molecule has 4 heteroatoms. The van der Waals surface area contributed by atoms with Gasteiger partial charge in [-0.15, -0.1) is 0 Å². The zero-order valence-corrected chi connectivity index (χ0v) is 14.8. The van der Waals surface area contributed by atoms with E-state index < -0.39 is 0 Å². The van der Waals surface area contributed by atoms with Crippen molar-refractivity contribution in [3.8, 4) is 11.8 Å². The molecule has 1 aliphatic rings. The van der Waals surface area contributed by atoms with Gasteiger partial charge < -0.3 is 10.2 Å². The van der Waals surface area contributed by atoms with Crippen molar-refractivity contribution in [3.63, 3.8) is 0 Å². The summed E-state index contributed by atoms with van der Waals surface area (Å²) in [5.74, 6) is 6.46. The number of hydrogen-bond acceptors (Lipinski definition) is 3. The van der Waals surface area contributed by atoms with Gasteiger partial charge in [0.1, 0.15) is 0 Å². The maximum Gasteiger partial charge on any atom is 0.223 e. The van der Waals surface area contributed by atoms with Crippen molar-refractivity contribution in [3.05, 3.63) is 35.9 Å². The number of likely N-dealkylation sites (tertiary alicyclic amines) is 1. The van der Waals surface area contributed by atoms with E-state index in [2.05, 4.69) is 34.2 Å². The van der Waals surface area contributed by atoms with E-state index in [0.717, 1.165) is 26.1 Å². The van der Waals surface area contributed by atoms with Gasteiger partial charge >= 0.3 is 0 Å². The van der Waals surface area contributed by atoms with Crippen LogP contribution in [0.4, 0.5) is 0 Å². The summed E-state index contributed by atoms with van der Waals surface area (Å²) in [4.78, 5) is 16.1. The molecular formula is C20H29N3O. The van der Waals surface area contributed by atoms with Crippen LogP contribution in [0.2, 0.25) is 0 Å². The number of amides is 1. The number of carbonyl (C=O) groups is 1. The third kappa shape index (κ3) is 7.16. The highest BCUT2D eigenvalue weighted by Gasteiger charge is 2.09. The predicted molar refractivity (Wildman–Crippen MR) is 98.5 cm³/mol. The number of benzene rings is 1. The van der Waals surface area contributed by atoms with E-state index in [-0.39, 0.29) is 5.91 Å². The summed E-state index contributed by atoms with van der Waals surface area (Å²) in [5, 5.41) is 3.38. The highest BCUT2D eigenvalue weighted by molar-refractivity contribution is 5.76. The monoisotopic (exact) mass is 327 g/mol. The number of nitrogens with zero attached hydrogens (tertiary/aromatic N) is 2. The first-order chi connectivity index (χ1) is 11.8. The highest BCUT2D eigenvalue weighted by atomic mass is 16.2. The van der Waals surface area contributed by atoms with Crippen LogP contribution in [0.5, 0.6) is 0 Å². The second-order valence-corrected chi connectivity index (χ2v) is 6.35. The SMILES string of the molecule is CN(CC#CCN1CCCC1)C(=O)CCCNCc1ccccc1. The van der Waals surface area contributed by atoms with Gasteiger partial charge in [0.15, 0.2) is 0 Å². The molecular weight excluding hydrogens is 298 g/mol. The first kappa shape index (κ1) is 18.5. The maximum absolute atomic E-state index is 12.0. The lowest BCUT2D eigenvalue weighted by atomic mass is 10.2. The largest absolute Gasteiger partial charge is 0.335 e. The van der Waals surface area contributed by atoms with Gasteiger partial charge in [-0.1, -0.05) is 42.2 Å². The lowest BCUT2D eigenvalue weighted by molar-refractivity contribution is -0.129. The van der Waals surface area contributed by atoms with Gasteiger partial charge in [0.2, 0.25) is 5.91 Å². The Balaban J connectivity index is 1.52. The lowest BCUT2D eigenvalue weighted by Crippen LogP contribution is -2.28. The topological polar surface area (TPSA) is 35.6 Å². The Morgan fingerprint density at radius 3 is 2.71 bits per heavy atom. The summed E-state index contributed by atoms with van der Waals surface area (Å²) in [6, 6.07) is 10.3. The van der Waals surface area contributed by atoms with Gasteiger partial charge in [0, 0.05) is 20.0 Å². The molecule has 0 aromatic heterocycles. The second kappa shape index (κ2) is 10.9. The van der Waals surface area contributed by atoms with Gasteiger partial charge in [-0.2, -0.15) is 0 Å². The molecule has 1 aliphatic heterocycles. The molecule has 1 heterocycles. The molecule has 4 nitrogen and oxygen atoms in total. The summed E-state index contributed by atoms with van der Waals surface area (Å²) in [7, 11) is 1.84. The van der Waals surface area contributed by atoms with E-state index in [1.807, 2.05) is 25.2 Å². The van der Waals surface area contributed by atoms with E-state index in [9.17, 15) is 4.79 Å². The predicted octanol–water partition coefficient (Wildman–Crippen LogP) is 2.11. The summed E-state index contributed by atoms with van der Waals surface area (Å²) >= 11 is 0. The van der Waals surface area contributed by atoms with Crippen molar-refractivity contribution in [1.82, 2.24) is 15.1 Å². The number of hydrogen-bond donors (Lipinski definition) is 1. The third-order valence-corrected chi connectivity index (χ3v) is 4.28. The minimum atomic E-state index is 0.173. The Morgan fingerprint density at radius 2 is 1.96 bits per heavy atom. The standard InChI is InChI=1S/C20H29N3O/c1-22(14-5-6-15-23-16-7-8-17-23)20(24)12-9-13-21-18-19-10-3-2-4-11-19/h2-4,10-11,21H,7-9,12-18H2,1H3. The Hall–Kier alpha value is -1.83. The zero-order chi connectivity index (χ0) is 17.0. The average Bonchev–Trinajstić information content (AvgIpc) is 3.12.